The smallest absolute Gasteiger partial charge is 0.422 e. The van der Waals surface area contributed by atoms with E-state index in [1.807, 2.05) is 0 Å². The van der Waals surface area contributed by atoms with E-state index in [1.54, 1.807) is 4.90 Å². The fourth-order valence-corrected chi connectivity index (χ4v) is 3.07. The zero-order valence-corrected chi connectivity index (χ0v) is 12.6. The van der Waals surface area contributed by atoms with Gasteiger partial charge in [0.05, 0.1) is 0 Å². The summed E-state index contributed by atoms with van der Waals surface area (Å²) in [6.45, 7) is 1.98. The second-order valence-electron chi connectivity index (χ2n) is 6.05. The molecule has 0 bridgehead atoms. The van der Waals surface area contributed by atoms with Crippen molar-refractivity contribution in [3.05, 3.63) is 0 Å². The number of nitrogens with zero attached hydrogens (tertiary/aromatic N) is 2. The second kappa shape index (κ2) is 6.75. The first-order valence-corrected chi connectivity index (χ1v) is 7.57. The lowest BCUT2D eigenvalue weighted by Gasteiger charge is -2.34. The Bertz CT molecular complexity index is 428. The largest absolute Gasteiger partial charge is 0.440 e. The molecule has 2 atom stereocenters. The monoisotopic (exact) mass is 322 g/mol. The predicted octanol–water partition coefficient (Wildman–Crippen LogP) is 2.41. The van der Waals surface area contributed by atoms with E-state index in [2.05, 4.69) is 11.7 Å². The fourth-order valence-electron chi connectivity index (χ4n) is 3.07. The van der Waals surface area contributed by atoms with E-state index in [4.69, 9.17) is 0 Å². The van der Waals surface area contributed by atoms with Gasteiger partial charge in [0.2, 0.25) is 5.91 Å². The third-order valence-corrected chi connectivity index (χ3v) is 4.10. The molecule has 0 aromatic carbocycles. The molecule has 2 heterocycles. The van der Waals surface area contributed by atoms with Crippen molar-refractivity contribution < 1.29 is 27.5 Å². The number of alkyl halides is 3. The van der Waals surface area contributed by atoms with Gasteiger partial charge in [0.15, 0.2) is 6.61 Å². The Hall–Kier alpha value is -1.47. The topological polar surface area (TPSA) is 49.9 Å². The number of amides is 2. The van der Waals surface area contributed by atoms with E-state index in [1.165, 1.54) is 0 Å². The van der Waals surface area contributed by atoms with Crippen LogP contribution in [0, 0.1) is 5.92 Å². The quantitative estimate of drug-likeness (QED) is 0.784. The van der Waals surface area contributed by atoms with Crippen molar-refractivity contribution in [1.82, 2.24) is 9.80 Å². The van der Waals surface area contributed by atoms with Gasteiger partial charge in [-0.1, -0.05) is 6.92 Å². The molecule has 126 valence electrons. The molecule has 0 aromatic heterocycles. The van der Waals surface area contributed by atoms with Crippen LogP contribution in [0.3, 0.4) is 0 Å². The average molecular weight is 322 g/mol. The molecule has 2 amide bonds. The van der Waals surface area contributed by atoms with Gasteiger partial charge in [-0.15, -0.1) is 0 Å². The zero-order chi connectivity index (χ0) is 16.3. The van der Waals surface area contributed by atoms with Crippen molar-refractivity contribution >= 4 is 12.0 Å². The maximum atomic E-state index is 12.5. The number of rotatable bonds is 2. The molecule has 2 aliphatic heterocycles. The van der Waals surface area contributed by atoms with Gasteiger partial charge in [-0.2, -0.15) is 13.2 Å². The first kappa shape index (κ1) is 16.9. The molecule has 22 heavy (non-hydrogen) atoms. The maximum Gasteiger partial charge on any atom is 0.422 e. The Morgan fingerprint density at radius 2 is 1.86 bits per heavy atom. The number of carbonyl (C=O) groups is 2. The third-order valence-electron chi connectivity index (χ3n) is 4.10. The van der Waals surface area contributed by atoms with Gasteiger partial charge >= 0.3 is 12.3 Å². The molecule has 2 unspecified atom stereocenters. The van der Waals surface area contributed by atoms with Gasteiger partial charge in [0, 0.05) is 19.6 Å². The predicted molar refractivity (Wildman–Crippen MR) is 72.1 cm³/mol. The standard InChI is InChI=1S/C14H21F3N2O3/c1-10-4-2-6-18(8-10)12(20)11-5-3-7-19(11)13(21)22-9-14(15,16)17/h10-11H,2-9H2,1H3. The minimum atomic E-state index is -4.56. The summed E-state index contributed by atoms with van der Waals surface area (Å²) in [5.74, 6) is 0.234. The number of carbonyl (C=O) groups excluding carboxylic acids is 2. The summed E-state index contributed by atoms with van der Waals surface area (Å²) in [4.78, 5) is 27.2. The lowest BCUT2D eigenvalue weighted by atomic mass is 9.99. The normalized spacial score (nSPS) is 26.2. The van der Waals surface area contributed by atoms with Crippen LogP contribution in [0.15, 0.2) is 0 Å². The van der Waals surface area contributed by atoms with Crippen LogP contribution in [-0.2, 0) is 9.53 Å². The van der Waals surface area contributed by atoms with Crippen LogP contribution in [0.25, 0.3) is 0 Å². The Balaban J connectivity index is 1.94. The van der Waals surface area contributed by atoms with E-state index in [0.717, 1.165) is 17.7 Å². The lowest BCUT2D eigenvalue weighted by molar-refractivity contribution is -0.163. The number of halogens is 3. The van der Waals surface area contributed by atoms with Crippen molar-refractivity contribution in [2.24, 2.45) is 5.92 Å². The Morgan fingerprint density at radius 1 is 1.18 bits per heavy atom. The highest BCUT2D eigenvalue weighted by atomic mass is 19.4. The summed E-state index contributed by atoms with van der Waals surface area (Å²) in [7, 11) is 0. The number of piperidine rings is 1. The summed E-state index contributed by atoms with van der Waals surface area (Å²) in [6, 6.07) is -0.689. The van der Waals surface area contributed by atoms with Gasteiger partial charge in [-0.3, -0.25) is 9.69 Å². The lowest BCUT2D eigenvalue weighted by Crippen LogP contribution is -2.50. The number of hydrogen-bond donors (Lipinski definition) is 0. The molecule has 0 aliphatic carbocycles. The van der Waals surface area contributed by atoms with Crippen molar-refractivity contribution in [2.75, 3.05) is 26.2 Å². The van der Waals surface area contributed by atoms with Crippen LogP contribution in [0.4, 0.5) is 18.0 Å². The summed E-state index contributed by atoms with van der Waals surface area (Å²) >= 11 is 0. The summed E-state index contributed by atoms with van der Waals surface area (Å²) in [5, 5.41) is 0. The third kappa shape index (κ3) is 4.27. The minimum Gasteiger partial charge on any atom is -0.440 e. The molecule has 0 radical (unpaired) electrons. The van der Waals surface area contributed by atoms with E-state index < -0.39 is 24.9 Å². The van der Waals surface area contributed by atoms with Gasteiger partial charge < -0.3 is 9.64 Å². The summed E-state index contributed by atoms with van der Waals surface area (Å²) in [5.41, 5.74) is 0. The Labute approximate surface area is 127 Å². The van der Waals surface area contributed by atoms with E-state index >= 15 is 0 Å². The molecule has 2 aliphatic rings. The molecule has 0 N–H and O–H groups in total. The zero-order valence-electron chi connectivity index (χ0n) is 12.6. The van der Waals surface area contributed by atoms with Gasteiger partial charge in [-0.25, -0.2) is 4.79 Å². The van der Waals surface area contributed by atoms with Crippen LogP contribution < -0.4 is 0 Å². The maximum absolute atomic E-state index is 12.5. The Kier molecular flexibility index (Phi) is 5.18. The minimum absolute atomic E-state index is 0.173. The first-order valence-electron chi connectivity index (χ1n) is 7.57. The average Bonchev–Trinajstić information content (AvgIpc) is 2.92. The molecule has 2 rings (SSSR count). The van der Waals surface area contributed by atoms with Gasteiger partial charge in [0.1, 0.15) is 6.04 Å². The van der Waals surface area contributed by atoms with Crippen molar-refractivity contribution in [1.29, 1.82) is 0 Å². The van der Waals surface area contributed by atoms with Crippen molar-refractivity contribution in [3.63, 3.8) is 0 Å². The highest BCUT2D eigenvalue weighted by Crippen LogP contribution is 2.24. The molecule has 5 nitrogen and oxygen atoms in total. The summed E-state index contributed by atoms with van der Waals surface area (Å²) < 4.78 is 40.6. The number of hydrogen-bond acceptors (Lipinski definition) is 3. The molecule has 0 saturated carbocycles. The molecule has 2 saturated heterocycles. The van der Waals surface area contributed by atoms with E-state index in [0.29, 0.717) is 31.8 Å². The SMILES string of the molecule is CC1CCCN(C(=O)C2CCCN2C(=O)OCC(F)(F)F)C1. The van der Waals surface area contributed by atoms with Gasteiger partial charge in [0.25, 0.3) is 0 Å². The summed E-state index contributed by atoms with van der Waals surface area (Å²) in [6.07, 6.45) is -2.56. The first-order chi connectivity index (χ1) is 10.3. The molecule has 0 spiro atoms. The van der Waals surface area contributed by atoms with Gasteiger partial charge in [-0.05, 0) is 31.6 Å². The van der Waals surface area contributed by atoms with Crippen LogP contribution in [0.2, 0.25) is 0 Å². The molecule has 2 fully saturated rings. The van der Waals surface area contributed by atoms with Crippen LogP contribution >= 0.6 is 0 Å². The molecule has 0 aromatic rings. The highest BCUT2D eigenvalue weighted by molar-refractivity contribution is 5.86. The highest BCUT2D eigenvalue weighted by Gasteiger charge is 2.39. The molecule has 8 heteroatoms. The number of ether oxygens (including phenoxy) is 1. The number of likely N-dealkylation sites (tertiary alicyclic amines) is 2. The second-order valence-corrected chi connectivity index (χ2v) is 6.05. The Morgan fingerprint density at radius 3 is 2.50 bits per heavy atom. The van der Waals surface area contributed by atoms with E-state index in [9.17, 15) is 22.8 Å². The van der Waals surface area contributed by atoms with Crippen molar-refractivity contribution in [3.8, 4) is 0 Å². The van der Waals surface area contributed by atoms with E-state index in [-0.39, 0.29) is 12.5 Å². The molecular weight excluding hydrogens is 301 g/mol. The van der Waals surface area contributed by atoms with Crippen LogP contribution in [-0.4, -0.2) is 60.3 Å². The fraction of sp³-hybridized carbons (Fsp3) is 0.857. The van der Waals surface area contributed by atoms with Crippen LogP contribution in [0.5, 0.6) is 0 Å². The van der Waals surface area contributed by atoms with Crippen LogP contribution in [0.1, 0.15) is 32.6 Å². The van der Waals surface area contributed by atoms with Crippen molar-refractivity contribution in [2.45, 2.75) is 44.8 Å². The molecular formula is C14H21F3N2O3.